The van der Waals surface area contributed by atoms with Crippen LogP contribution in [0.5, 0.6) is 0 Å². The van der Waals surface area contributed by atoms with E-state index in [1.165, 1.54) is 6.92 Å². The topological polar surface area (TPSA) is 71.4 Å². The summed E-state index contributed by atoms with van der Waals surface area (Å²) in [5.41, 5.74) is 0. The number of hydrogen-bond donors (Lipinski definition) is 1. The summed E-state index contributed by atoms with van der Waals surface area (Å²) in [5.74, 6) is -0.501. The number of aliphatic hydroxyl groups is 1. The molecule has 1 saturated carbocycles. The predicted octanol–water partition coefficient (Wildman–Crippen LogP) is -0.239. The smallest absolute Gasteiger partial charge is 0.162 e. The molecule has 1 rings (SSSR count). The van der Waals surface area contributed by atoms with Gasteiger partial charge < -0.3 is 5.11 Å². The van der Waals surface area contributed by atoms with Gasteiger partial charge in [-0.3, -0.25) is 4.79 Å². The van der Waals surface area contributed by atoms with Crippen LogP contribution < -0.4 is 0 Å². The summed E-state index contributed by atoms with van der Waals surface area (Å²) < 4.78 is 22.6. The van der Waals surface area contributed by atoms with E-state index < -0.39 is 21.7 Å². The number of carbonyl (C=O) groups excluding carboxylic acids is 1. The van der Waals surface area contributed by atoms with E-state index in [1.807, 2.05) is 0 Å². The van der Waals surface area contributed by atoms with Crippen LogP contribution >= 0.6 is 0 Å². The summed E-state index contributed by atoms with van der Waals surface area (Å²) in [7, 11) is -3.41. The third kappa shape index (κ3) is 2.28. The van der Waals surface area contributed by atoms with Gasteiger partial charge in [-0.25, -0.2) is 8.42 Å². The SMILES string of the molecule is CCS(=O)(=O)[C@H](CO)C(=O)C1CC1. The van der Waals surface area contributed by atoms with Crippen LogP contribution in [0.3, 0.4) is 0 Å². The molecule has 0 heterocycles. The zero-order valence-corrected chi connectivity index (χ0v) is 8.38. The monoisotopic (exact) mass is 206 g/mol. The number of ketones is 1. The quantitative estimate of drug-likeness (QED) is 0.674. The van der Waals surface area contributed by atoms with Crippen molar-refractivity contribution in [2.45, 2.75) is 25.0 Å². The molecule has 76 valence electrons. The fourth-order valence-corrected chi connectivity index (χ4v) is 2.39. The van der Waals surface area contributed by atoms with Crippen molar-refractivity contribution in [3.8, 4) is 0 Å². The summed E-state index contributed by atoms with van der Waals surface area (Å²) in [6.07, 6.45) is 1.54. The molecule has 0 bridgehead atoms. The van der Waals surface area contributed by atoms with Crippen LogP contribution in [0.25, 0.3) is 0 Å². The van der Waals surface area contributed by atoms with Gasteiger partial charge in [0, 0.05) is 11.7 Å². The lowest BCUT2D eigenvalue weighted by molar-refractivity contribution is -0.120. The Labute approximate surface area is 77.9 Å². The highest BCUT2D eigenvalue weighted by atomic mass is 32.2. The maximum Gasteiger partial charge on any atom is 0.162 e. The van der Waals surface area contributed by atoms with Crippen molar-refractivity contribution in [3.05, 3.63) is 0 Å². The van der Waals surface area contributed by atoms with Gasteiger partial charge in [0.05, 0.1) is 6.61 Å². The minimum absolute atomic E-state index is 0.0866. The van der Waals surface area contributed by atoms with Gasteiger partial charge in [0.2, 0.25) is 0 Å². The second-order valence-corrected chi connectivity index (χ2v) is 5.77. The molecule has 0 unspecified atom stereocenters. The Hall–Kier alpha value is -0.420. The molecule has 1 aliphatic carbocycles. The number of carbonyl (C=O) groups is 1. The third-order valence-corrected chi connectivity index (χ3v) is 4.35. The van der Waals surface area contributed by atoms with Crippen molar-refractivity contribution < 1.29 is 18.3 Å². The lowest BCUT2D eigenvalue weighted by atomic mass is 10.2. The van der Waals surface area contributed by atoms with E-state index in [9.17, 15) is 13.2 Å². The molecule has 0 aromatic heterocycles. The highest BCUT2D eigenvalue weighted by Gasteiger charge is 2.39. The molecule has 0 aromatic rings. The number of Topliss-reactive ketones (excluding diaryl/α,β-unsaturated/α-hetero) is 1. The fraction of sp³-hybridized carbons (Fsp3) is 0.875. The summed E-state index contributed by atoms with van der Waals surface area (Å²) in [6, 6.07) is 0. The van der Waals surface area contributed by atoms with E-state index in [2.05, 4.69) is 0 Å². The van der Waals surface area contributed by atoms with E-state index in [0.717, 1.165) is 12.8 Å². The summed E-state index contributed by atoms with van der Waals surface area (Å²) in [5, 5.41) is 7.66. The number of hydrogen-bond acceptors (Lipinski definition) is 4. The van der Waals surface area contributed by atoms with Gasteiger partial charge in [-0.05, 0) is 12.8 Å². The first-order valence-corrected chi connectivity index (χ1v) is 6.10. The van der Waals surface area contributed by atoms with Crippen LogP contribution in [0, 0.1) is 5.92 Å². The Morgan fingerprint density at radius 2 is 2.08 bits per heavy atom. The van der Waals surface area contributed by atoms with E-state index in [4.69, 9.17) is 5.11 Å². The summed E-state index contributed by atoms with van der Waals surface area (Å²) in [6.45, 7) is 0.906. The standard InChI is InChI=1S/C8H14O4S/c1-2-13(11,12)7(5-9)8(10)6-3-4-6/h6-7,9H,2-5H2,1H3/t7-/m1/s1. The number of aliphatic hydroxyl groups excluding tert-OH is 1. The first-order chi connectivity index (χ1) is 6.03. The minimum atomic E-state index is -3.41. The van der Waals surface area contributed by atoms with Gasteiger partial charge in [-0.15, -0.1) is 0 Å². The maximum atomic E-state index is 11.4. The predicted molar refractivity (Wildman–Crippen MR) is 48.1 cm³/mol. The van der Waals surface area contributed by atoms with Gasteiger partial charge in [0.1, 0.15) is 5.25 Å². The molecular weight excluding hydrogens is 192 g/mol. The first kappa shape index (κ1) is 10.7. The molecule has 1 fully saturated rings. The molecule has 13 heavy (non-hydrogen) atoms. The van der Waals surface area contributed by atoms with Crippen LogP contribution in [0.1, 0.15) is 19.8 Å². The van der Waals surface area contributed by atoms with Crippen molar-refractivity contribution in [2.24, 2.45) is 5.92 Å². The summed E-state index contributed by atoms with van der Waals surface area (Å²) in [4.78, 5) is 11.4. The maximum absolute atomic E-state index is 11.4. The lowest BCUT2D eigenvalue weighted by Gasteiger charge is -2.11. The fourth-order valence-electron chi connectivity index (χ4n) is 1.21. The highest BCUT2D eigenvalue weighted by Crippen LogP contribution is 2.32. The Morgan fingerprint density at radius 3 is 2.38 bits per heavy atom. The van der Waals surface area contributed by atoms with Crippen LogP contribution in [0.2, 0.25) is 0 Å². The minimum Gasteiger partial charge on any atom is -0.395 e. The van der Waals surface area contributed by atoms with Gasteiger partial charge >= 0.3 is 0 Å². The Balaban J connectivity index is 2.77. The van der Waals surface area contributed by atoms with Crippen molar-refractivity contribution in [1.29, 1.82) is 0 Å². The van der Waals surface area contributed by atoms with Crippen LogP contribution in [-0.2, 0) is 14.6 Å². The number of sulfone groups is 1. The zero-order valence-electron chi connectivity index (χ0n) is 7.56. The highest BCUT2D eigenvalue weighted by molar-refractivity contribution is 7.92. The lowest BCUT2D eigenvalue weighted by Crippen LogP contribution is -2.35. The van der Waals surface area contributed by atoms with Crippen LogP contribution in [-0.4, -0.2) is 36.9 Å². The van der Waals surface area contributed by atoms with E-state index in [-0.39, 0.29) is 17.5 Å². The van der Waals surface area contributed by atoms with Crippen molar-refractivity contribution >= 4 is 15.6 Å². The Kier molecular flexibility index (Phi) is 3.08. The molecule has 1 atom stereocenters. The van der Waals surface area contributed by atoms with Crippen molar-refractivity contribution in [3.63, 3.8) is 0 Å². The number of rotatable bonds is 5. The molecule has 1 N–H and O–H groups in total. The van der Waals surface area contributed by atoms with Gasteiger partial charge in [-0.1, -0.05) is 6.92 Å². The van der Waals surface area contributed by atoms with Gasteiger partial charge in [0.25, 0.3) is 0 Å². The molecule has 0 amide bonds. The third-order valence-electron chi connectivity index (χ3n) is 2.30. The molecule has 0 aliphatic heterocycles. The average Bonchev–Trinajstić information content (AvgIpc) is 2.87. The van der Waals surface area contributed by atoms with Crippen LogP contribution in [0.15, 0.2) is 0 Å². The Bertz CT molecular complexity index is 289. The molecule has 0 saturated heterocycles. The second kappa shape index (κ2) is 3.75. The molecule has 1 aliphatic rings. The summed E-state index contributed by atoms with van der Waals surface area (Å²) >= 11 is 0. The van der Waals surface area contributed by atoms with Gasteiger partial charge in [-0.2, -0.15) is 0 Å². The largest absolute Gasteiger partial charge is 0.395 e. The van der Waals surface area contributed by atoms with Crippen molar-refractivity contribution in [1.82, 2.24) is 0 Å². The van der Waals surface area contributed by atoms with E-state index >= 15 is 0 Å². The van der Waals surface area contributed by atoms with Crippen LogP contribution in [0.4, 0.5) is 0 Å². The normalized spacial score (nSPS) is 19.8. The first-order valence-electron chi connectivity index (χ1n) is 4.39. The van der Waals surface area contributed by atoms with Gasteiger partial charge in [0.15, 0.2) is 15.6 Å². The average molecular weight is 206 g/mol. The molecular formula is C8H14O4S. The molecule has 0 spiro atoms. The second-order valence-electron chi connectivity index (χ2n) is 3.30. The molecule has 5 heteroatoms. The van der Waals surface area contributed by atoms with E-state index in [0.29, 0.717) is 0 Å². The zero-order chi connectivity index (χ0) is 10.1. The van der Waals surface area contributed by atoms with E-state index in [1.54, 1.807) is 0 Å². The van der Waals surface area contributed by atoms with Crippen molar-refractivity contribution in [2.75, 3.05) is 12.4 Å². The Morgan fingerprint density at radius 1 is 1.54 bits per heavy atom. The molecule has 0 radical (unpaired) electrons. The molecule has 0 aromatic carbocycles. The molecule has 4 nitrogen and oxygen atoms in total.